The van der Waals surface area contributed by atoms with E-state index < -0.39 is 11.7 Å². The van der Waals surface area contributed by atoms with Gasteiger partial charge in [0.05, 0.1) is 11.3 Å². The number of ether oxygens (including phenoxy) is 1. The predicted molar refractivity (Wildman–Crippen MR) is 128 cm³/mol. The lowest BCUT2D eigenvalue weighted by Gasteiger charge is -2.14. The highest BCUT2D eigenvalue weighted by atomic mass is 32.2. The van der Waals surface area contributed by atoms with Crippen LogP contribution in [0.1, 0.15) is 17.0 Å². The normalized spacial score (nSPS) is 11.6. The molecule has 176 valence electrons. The third-order valence-electron chi connectivity index (χ3n) is 5.30. The van der Waals surface area contributed by atoms with Crippen molar-refractivity contribution in [3.8, 4) is 11.4 Å². The van der Waals surface area contributed by atoms with E-state index in [2.05, 4.69) is 15.2 Å². The Hall–Kier alpha value is -3.85. The summed E-state index contributed by atoms with van der Waals surface area (Å²) in [6.07, 6.45) is -2.79. The molecular weight excluding hydrogens is 473 g/mol. The molecule has 2 aromatic heterocycles. The first-order chi connectivity index (χ1) is 17.0. The van der Waals surface area contributed by atoms with Crippen LogP contribution in [0.2, 0.25) is 0 Å². The van der Waals surface area contributed by atoms with Crippen molar-refractivity contribution >= 4 is 22.7 Å². The van der Waals surface area contributed by atoms with Gasteiger partial charge in [0.2, 0.25) is 0 Å². The quantitative estimate of drug-likeness (QED) is 0.237. The first-order valence-electron chi connectivity index (χ1n) is 10.7. The van der Waals surface area contributed by atoms with E-state index in [9.17, 15) is 13.2 Å². The molecule has 0 aliphatic carbocycles. The molecule has 5 rings (SSSR count). The highest BCUT2D eigenvalue weighted by molar-refractivity contribution is 7.98. The van der Waals surface area contributed by atoms with Crippen molar-refractivity contribution < 1.29 is 17.9 Å². The van der Waals surface area contributed by atoms with Crippen molar-refractivity contribution in [1.29, 1.82) is 0 Å². The van der Waals surface area contributed by atoms with E-state index in [1.54, 1.807) is 22.9 Å². The molecule has 0 saturated heterocycles. The van der Waals surface area contributed by atoms with Gasteiger partial charge in [-0.05, 0) is 35.9 Å². The number of hydrogen-bond acceptors (Lipinski definition) is 5. The van der Waals surface area contributed by atoms with Gasteiger partial charge >= 0.3 is 6.18 Å². The van der Waals surface area contributed by atoms with Gasteiger partial charge in [0.1, 0.15) is 17.9 Å². The second kappa shape index (κ2) is 9.79. The van der Waals surface area contributed by atoms with Gasteiger partial charge in [-0.2, -0.15) is 13.2 Å². The smallest absolute Gasteiger partial charge is 0.416 e. The van der Waals surface area contributed by atoms with Gasteiger partial charge in [0.25, 0.3) is 0 Å². The second-order valence-corrected chi connectivity index (χ2v) is 8.62. The summed E-state index contributed by atoms with van der Waals surface area (Å²) in [6.45, 7) is 0.00479. The summed E-state index contributed by atoms with van der Waals surface area (Å²) in [4.78, 5) is 4.38. The third-order valence-corrected chi connectivity index (χ3v) is 6.30. The summed E-state index contributed by atoms with van der Waals surface area (Å²) in [5.41, 5.74) is 1.33. The topological polar surface area (TPSA) is 52.8 Å². The Kier molecular flexibility index (Phi) is 6.41. The van der Waals surface area contributed by atoms with Crippen LogP contribution in [0.5, 0.6) is 5.75 Å². The fourth-order valence-corrected chi connectivity index (χ4v) is 4.55. The van der Waals surface area contributed by atoms with Gasteiger partial charge in [-0.15, -0.1) is 10.2 Å². The van der Waals surface area contributed by atoms with E-state index in [4.69, 9.17) is 4.74 Å². The van der Waals surface area contributed by atoms with Crippen molar-refractivity contribution in [2.45, 2.75) is 23.7 Å². The van der Waals surface area contributed by atoms with Crippen LogP contribution >= 0.6 is 11.8 Å². The van der Waals surface area contributed by atoms with Crippen molar-refractivity contribution in [2.24, 2.45) is 0 Å². The third kappa shape index (κ3) is 5.14. The van der Waals surface area contributed by atoms with E-state index in [0.29, 0.717) is 33.7 Å². The molecule has 0 aliphatic rings. The number of pyridine rings is 1. The summed E-state index contributed by atoms with van der Waals surface area (Å²) in [5, 5.41) is 9.93. The van der Waals surface area contributed by atoms with Gasteiger partial charge in [0, 0.05) is 17.3 Å². The number of fused-ring (bicyclic) bond motifs is 1. The molecule has 2 heterocycles. The Balaban J connectivity index is 1.49. The molecule has 0 N–H and O–H groups in total. The Morgan fingerprint density at radius 1 is 0.857 bits per heavy atom. The van der Waals surface area contributed by atoms with Crippen molar-refractivity contribution in [1.82, 2.24) is 19.7 Å². The van der Waals surface area contributed by atoms with Crippen LogP contribution in [0.3, 0.4) is 0 Å². The molecule has 0 saturated carbocycles. The molecule has 0 amide bonds. The SMILES string of the molecule is FC(F)(F)c1cccc(-n2c(COc3cccc4cccnc34)nnc2SCc2ccccc2)c1. The van der Waals surface area contributed by atoms with Crippen molar-refractivity contribution in [2.75, 3.05) is 0 Å². The number of halogens is 3. The van der Waals surface area contributed by atoms with Crippen LogP contribution in [-0.4, -0.2) is 19.7 Å². The number of aromatic nitrogens is 4. The molecule has 5 nitrogen and oxygen atoms in total. The second-order valence-electron chi connectivity index (χ2n) is 7.68. The molecule has 0 radical (unpaired) electrons. The summed E-state index contributed by atoms with van der Waals surface area (Å²) in [7, 11) is 0. The summed E-state index contributed by atoms with van der Waals surface area (Å²) >= 11 is 1.39. The van der Waals surface area contributed by atoms with Gasteiger partial charge in [-0.1, -0.05) is 66.4 Å². The zero-order chi connectivity index (χ0) is 24.3. The Bertz CT molecular complexity index is 1450. The Labute approximate surface area is 203 Å². The van der Waals surface area contributed by atoms with Crippen LogP contribution in [-0.2, 0) is 18.5 Å². The van der Waals surface area contributed by atoms with Gasteiger partial charge < -0.3 is 4.74 Å². The van der Waals surface area contributed by atoms with Crippen LogP contribution in [0.15, 0.2) is 96.3 Å². The monoisotopic (exact) mass is 492 g/mol. The number of thioether (sulfide) groups is 1. The first kappa shape index (κ1) is 22.9. The van der Waals surface area contributed by atoms with E-state index in [1.165, 1.54) is 17.8 Å². The molecule has 0 atom stereocenters. The Morgan fingerprint density at radius 3 is 2.49 bits per heavy atom. The number of para-hydroxylation sites is 1. The maximum atomic E-state index is 13.4. The van der Waals surface area contributed by atoms with Crippen molar-refractivity contribution in [3.05, 3.63) is 108 Å². The van der Waals surface area contributed by atoms with Gasteiger partial charge in [-0.25, -0.2) is 0 Å². The minimum absolute atomic E-state index is 0.00479. The van der Waals surface area contributed by atoms with E-state index in [-0.39, 0.29) is 6.61 Å². The standard InChI is InChI=1S/C26H19F3N4OS/c27-26(28,29)20-11-5-12-21(15-20)33-23(31-32-25(33)35-17-18-7-2-1-3-8-18)16-34-22-13-4-9-19-10-6-14-30-24(19)22/h1-15H,16-17H2. The highest BCUT2D eigenvalue weighted by Crippen LogP contribution is 2.32. The molecule has 0 aliphatic heterocycles. The average Bonchev–Trinajstić information content (AvgIpc) is 3.29. The maximum Gasteiger partial charge on any atom is 0.416 e. The minimum Gasteiger partial charge on any atom is -0.483 e. The molecule has 9 heteroatoms. The number of hydrogen-bond donors (Lipinski definition) is 0. The van der Waals surface area contributed by atoms with E-state index in [1.807, 2.05) is 54.6 Å². The molecule has 0 bridgehead atoms. The van der Waals surface area contributed by atoms with Crippen molar-refractivity contribution in [3.63, 3.8) is 0 Å². The summed E-state index contributed by atoms with van der Waals surface area (Å²) in [6, 6.07) is 24.2. The molecule has 0 spiro atoms. The van der Waals surface area contributed by atoms with E-state index >= 15 is 0 Å². The number of rotatable bonds is 7. The number of benzene rings is 3. The zero-order valence-electron chi connectivity index (χ0n) is 18.3. The Morgan fingerprint density at radius 2 is 1.66 bits per heavy atom. The van der Waals surface area contributed by atoms with Crippen LogP contribution < -0.4 is 4.74 Å². The molecular formula is C26H19F3N4OS. The van der Waals surface area contributed by atoms with Gasteiger partial charge in [0.15, 0.2) is 11.0 Å². The van der Waals surface area contributed by atoms with Crippen LogP contribution in [0, 0.1) is 0 Å². The average molecular weight is 493 g/mol. The lowest BCUT2D eigenvalue weighted by molar-refractivity contribution is -0.137. The molecule has 5 aromatic rings. The zero-order valence-corrected chi connectivity index (χ0v) is 19.1. The maximum absolute atomic E-state index is 13.4. The largest absolute Gasteiger partial charge is 0.483 e. The van der Waals surface area contributed by atoms with Crippen LogP contribution in [0.25, 0.3) is 16.6 Å². The van der Waals surface area contributed by atoms with Gasteiger partial charge in [-0.3, -0.25) is 9.55 Å². The summed E-state index contributed by atoms with van der Waals surface area (Å²) < 4.78 is 47.9. The lowest BCUT2D eigenvalue weighted by atomic mass is 10.2. The molecule has 0 fully saturated rings. The fraction of sp³-hybridized carbons (Fsp3) is 0.115. The molecule has 35 heavy (non-hydrogen) atoms. The predicted octanol–water partition coefficient (Wildman–Crippen LogP) is 6.71. The molecule has 3 aromatic carbocycles. The number of nitrogens with zero attached hydrogens (tertiary/aromatic N) is 4. The minimum atomic E-state index is -4.47. The van der Waals surface area contributed by atoms with Crippen LogP contribution in [0.4, 0.5) is 13.2 Å². The highest BCUT2D eigenvalue weighted by Gasteiger charge is 2.31. The first-order valence-corrected chi connectivity index (χ1v) is 11.7. The van der Waals surface area contributed by atoms with E-state index in [0.717, 1.165) is 23.1 Å². The lowest BCUT2D eigenvalue weighted by Crippen LogP contribution is -2.10. The number of alkyl halides is 3. The summed E-state index contributed by atoms with van der Waals surface area (Å²) in [5.74, 6) is 1.53. The fourth-order valence-electron chi connectivity index (χ4n) is 3.63. The molecule has 0 unspecified atom stereocenters.